The first kappa shape index (κ1) is 22.7. The summed E-state index contributed by atoms with van der Waals surface area (Å²) < 4.78 is 5.67. The number of hydrogen-bond donors (Lipinski definition) is 3. The van der Waals surface area contributed by atoms with Gasteiger partial charge in [0, 0.05) is 28.2 Å². The molecule has 0 unspecified atom stereocenters. The standard InChI is InChI=1S/C23H27N3O4S/c1-2-3-4-5-13-30-18-9-6-16(7-10-18)22(28)25-26-23(29)17-8-11-20-19(15-17)24-21(27)12-14-31-20/h6-11,15H,2-5,12-14H2,1H3,(H,24,27)(H,25,28)(H,26,29). The third kappa shape index (κ3) is 6.75. The highest BCUT2D eigenvalue weighted by molar-refractivity contribution is 7.99. The molecule has 0 saturated heterocycles. The Bertz CT molecular complexity index is 931. The Morgan fingerprint density at radius 1 is 1.00 bits per heavy atom. The SMILES string of the molecule is CCCCCCOc1ccc(C(=O)NNC(=O)c2ccc3c(c2)NC(=O)CCS3)cc1. The lowest BCUT2D eigenvalue weighted by Crippen LogP contribution is -2.41. The largest absolute Gasteiger partial charge is 0.494 e. The van der Waals surface area contributed by atoms with Crippen LogP contribution >= 0.6 is 11.8 Å². The van der Waals surface area contributed by atoms with Crippen LogP contribution in [0.5, 0.6) is 5.75 Å². The molecule has 31 heavy (non-hydrogen) atoms. The summed E-state index contributed by atoms with van der Waals surface area (Å²) in [5, 5.41) is 2.80. The van der Waals surface area contributed by atoms with Gasteiger partial charge in [-0.1, -0.05) is 26.2 Å². The molecule has 0 aromatic heterocycles. The van der Waals surface area contributed by atoms with Gasteiger partial charge in [-0.25, -0.2) is 0 Å². The lowest BCUT2D eigenvalue weighted by molar-refractivity contribution is -0.115. The molecule has 0 radical (unpaired) electrons. The third-order valence-corrected chi connectivity index (χ3v) is 5.85. The van der Waals surface area contributed by atoms with Crippen LogP contribution in [0.15, 0.2) is 47.4 Å². The van der Waals surface area contributed by atoms with Crippen molar-refractivity contribution in [3.8, 4) is 5.75 Å². The maximum absolute atomic E-state index is 12.4. The number of hydrogen-bond acceptors (Lipinski definition) is 5. The van der Waals surface area contributed by atoms with Crippen molar-refractivity contribution in [1.82, 2.24) is 10.9 Å². The summed E-state index contributed by atoms with van der Waals surface area (Å²) in [6.45, 7) is 2.82. The number of anilines is 1. The van der Waals surface area contributed by atoms with E-state index in [0.29, 0.717) is 41.3 Å². The minimum atomic E-state index is -0.466. The normalized spacial score (nSPS) is 12.9. The number of carbonyl (C=O) groups is 3. The van der Waals surface area contributed by atoms with Crippen LogP contribution in [0.25, 0.3) is 0 Å². The highest BCUT2D eigenvalue weighted by Gasteiger charge is 2.16. The van der Waals surface area contributed by atoms with Crippen LogP contribution < -0.4 is 20.9 Å². The molecule has 0 atom stereocenters. The number of rotatable bonds is 8. The number of carbonyl (C=O) groups excluding carboxylic acids is 3. The molecule has 164 valence electrons. The van der Waals surface area contributed by atoms with Crippen LogP contribution in [0.1, 0.15) is 59.7 Å². The molecule has 7 nitrogen and oxygen atoms in total. The van der Waals surface area contributed by atoms with Gasteiger partial charge in [0.15, 0.2) is 0 Å². The maximum Gasteiger partial charge on any atom is 0.269 e. The average Bonchev–Trinajstić information content (AvgIpc) is 2.97. The van der Waals surface area contributed by atoms with Crippen molar-refractivity contribution >= 4 is 35.2 Å². The van der Waals surface area contributed by atoms with Crippen molar-refractivity contribution in [3.05, 3.63) is 53.6 Å². The summed E-state index contributed by atoms with van der Waals surface area (Å²) in [6, 6.07) is 11.9. The molecule has 1 aliphatic heterocycles. The minimum absolute atomic E-state index is 0.0782. The molecular formula is C23H27N3O4S. The lowest BCUT2D eigenvalue weighted by Gasteiger charge is -2.11. The van der Waals surface area contributed by atoms with Gasteiger partial charge in [0.05, 0.1) is 12.3 Å². The van der Waals surface area contributed by atoms with Crippen LogP contribution in [0.2, 0.25) is 0 Å². The fraction of sp³-hybridized carbons (Fsp3) is 0.348. The van der Waals surface area contributed by atoms with Gasteiger partial charge in [0.2, 0.25) is 5.91 Å². The first-order valence-electron chi connectivity index (χ1n) is 10.5. The molecule has 2 aromatic carbocycles. The summed E-state index contributed by atoms with van der Waals surface area (Å²) in [4.78, 5) is 37.4. The fourth-order valence-electron chi connectivity index (χ4n) is 3.04. The molecule has 0 saturated carbocycles. The van der Waals surface area contributed by atoms with Crippen molar-refractivity contribution in [2.24, 2.45) is 0 Å². The second-order valence-corrected chi connectivity index (χ2v) is 8.34. The Morgan fingerprint density at radius 2 is 1.71 bits per heavy atom. The average molecular weight is 442 g/mol. The smallest absolute Gasteiger partial charge is 0.269 e. The Labute approximate surface area is 186 Å². The predicted octanol–water partition coefficient (Wildman–Crippen LogP) is 4.15. The van der Waals surface area contributed by atoms with E-state index in [4.69, 9.17) is 4.74 Å². The van der Waals surface area contributed by atoms with E-state index < -0.39 is 11.8 Å². The van der Waals surface area contributed by atoms with E-state index in [1.54, 1.807) is 54.2 Å². The molecule has 3 amide bonds. The zero-order valence-corrected chi connectivity index (χ0v) is 18.3. The molecule has 0 spiro atoms. The minimum Gasteiger partial charge on any atom is -0.494 e. The molecular weight excluding hydrogens is 414 g/mol. The molecule has 0 fully saturated rings. The molecule has 2 aromatic rings. The predicted molar refractivity (Wildman–Crippen MR) is 121 cm³/mol. The zero-order chi connectivity index (χ0) is 22.1. The Kier molecular flexibility index (Phi) is 8.35. The van der Waals surface area contributed by atoms with E-state index >= 15 is 0 Å². The number of unbranched alkanes of at least 4 members (excludes halogenated alkanes) is 3. The number of amides is 3. The van der Waals surface area contributed by atoms with Crippen LogP contribution in [0.3, 0.4) is 0 Å². The van der Waals surface area contributed by atoms with E-state index in [0.717, 1.165) is 17.7 Å². The second kappa shape index (κ2) is 11.4. The fourth-order valence-corrected chi connectivity index (χ4v) is 3.98. The van der Waals surface area contributed by atoms with Gasteiger partial charge < -0.3 is 10.1 Å². The number of thioether (sulfide) groups is 1. The van der Waals surface area contributed by atoms with E-state index in [-0.39, 0.29) is 5.91 Å². The van der Waals surface area contributed by atoms with Crippen LogP contribution in [-0.2, 0) is 4.79 Å². The zero-order valence-electron chi connectivity index (χ0n) is 17.5. The van der Waals surface area contributed by atoms with Gasteiger partial charge in [-0.3, -0.25) is 25.2 Å². The Balaban J connectivity index is 1.50. The summed E-state index contributed by atoms with van der Waals surface area (Å²) in [5.41, 5.74) is 6.18. The second-order valence-electron chi connectivity index (χ2n) is 7.20. The van der Waals surface area contributed by atoms with E-state index in [1.165, 1.54) is 12.8 Å². The van der Waals surface area contributed by atoms with Crippen molar-refractivity contribution in [1.29, 1.82) is 0 Å². The summed E-state index contributed by atoms with van der Waals surface area (Å²) in [5.74, 6) is 0.434. The molecule has 0 bridgehead atoms. The van der Waals surface area contributed by atoms with Gasteiger partial charge in [-0.2, -0.15) is 0 Å². The number of nitrogens with one attached hydrogen (secondary N) is 3. The van der Waals surface area contributed by atoms with E-state index in [2.05, 4.69) is 23.1 Å². The van der Waals surface area contributed by atoms with E-state index in [9.17, 15) is 14.4 Å². The monoisotopic (exact) mass is 441 g/mol. The molecule has 8 heteroatoms. The van der Waals surface area contributed by atoms with Gasteiger partial charge in [0.25, 0.3) is 11.8 Å². The van der Waals surface area contributed by atoms with Gasteiger partial charge in [-0.15, -0.1) is 11.8 Å². The number of fused-ring (bicyclic) bond motifs is 1. The topological polar surface area (TPSA) is 96.5 Å². The molecule has 3 N–H and O–H groups in total. The number of hydrazine groups is 1. The highest BCUT2D eigenvalue weighted by Crippen LogP contribution is 2.31. The first-order chi connectivity index (χ1) is 15.1. The molecule has 1 heterocycles. The molecule has 1 aliphatic rings. The number of benzene rings is 2. The van der Waals surface area contributed by atoms with Crippen molar-refractivity contribution < 1.29 is 19.1 Å². The maximum atomic E-state index is 12.4. The van der Waals surface area contributed by atoms with Gasteiger partial charge >= 0.3 is 0 Å². The molecule has 0 aliphatic carbocycles. The highest BCUT2D eigenvalue weighted by atomic mass is 32.2. The summed E-state index contributed by atoms with van der Waals surface area (Å²) >= 11 is 1.56. The van der Waals surface area contributed by atoms with Crippen molar-refractivity contribution in [2.75, 3.05) is 17.7 Å². The van der Waals surface area contributed by atoms with E-state index in [1.807, 2.05) is 0 Å². The lowest BCUT2D eigenvalue weighted by atomic mass is 10.2. The quantitative estimate of drug-likeness (QED) is 0.422. The third-order valence-electron chi connectivity index (χ3n) is 4.78. The van der Waals surface area contributed by atoms with Crippen LogP contribution in [0.4, 0.5) is 5.69 Å². The summed E-state index contributed by atoms with van der Waals surface area (Å²) in [6.07, 6.45) is 4.97. The first-order valence-corrected chi connectivity index (χ1v) is 11.5. The van der Waals surface area contributed by atoms with Gasteiger partial charge in [-0.05, 0) is 48.9 Å². The van der Waals surface area contributed by atoms with Gasteiger partial charge in [0.1, 0.15) is 5.75 Å². The van der Waals surface area contributed by atoms with Crippen molar-refractivity contribution in [2.45, 2.75) is 43.9 Å². The van der Waals surface area contributed by atoms with Crippen LogP contribution in [-0.4, -0.2) is 30.1 Å². The Hall–Kier alpha value is -3.00. The Morgan fingerprint density at radius 3 is 2.45 bits per heavy atom. The number of ether oxygens (including phenoxy) is 1. The molecule has 3 rings (SSSR count). The summed E-state index contributed by atoms with van der Waals surface area (Å²) in [7, 11) is 0. The van der Waals surface area contributed by atoms with Crippen molar-refractivity contribution in [3.63, 3.8) is 0 Å². The van der Waals surface area contributed by atoms with Crippen LogP contribution in [0, 0.1) is 0 Å².